The molecule has 1 aromatic heterocycles. The van der Waals surface area contributed by atoms with E-state index in [4.69, 9.17) is 12.2 Å². The molecular formula is C24H26N4O2S2. The first-order chi connectivity index (χ1) is 15.4. The summed E-state index contributed by atoms with van der Waals surface area (Å²) in [6.07, 6.45) is 3.61. The van der Waals surface area contributed by atoms with E-state index in [1.165, 1.54) is 11.8 Å². The Bertz CT molecular complexity index is 1160. The molecule has 1 amide bonds. The molecule has 0 bridgehead atoms. The number of anilines is 1. The van der Waals surface area contributed by atoms with Crippen LogP contribution in [0.4, 0.5) is 5.82 Å². The third kappa shape index (κ3) is 4.79. The van der Waals surface area contributed by atoms with Crippen molar-refractivity contribution in [2.24, 2.45) is 0 Å². The second-order valence-electron chi connectivity index (χ2n) is 7.45. The SMILES string of the molecule is CCCCN1C(=O)/C(=C\c2c(C)c(C#N)c(=O)n(CC)c2NCc2ccccc2)SC1=S. The number of nitriles is 1. The Kier molecular flexibility index (Phi) is 7.89. The normalized spacial score (nSPS) is 14.8. The highest BCUT2D eigenvalue weighted by atomic mass is 32.2. The smallest absolute Gasteiger partial charge is 0.270 e. The summed E-state index contributed by atoms with van der Waals surface area (Å²) in [6.45, 7) is 7.16. The van der Waals surface area contributed by atoms with E-state index in [2.05, 4.69) is 12.2 Å². The average molecular weight is 467 g/mol. The van der Waals surface area contributed by atoms with Gasteiger partial charge in [0.05, 0.1) is 4.91 Å². The molecule has 2 aromatic rings. The van der Waals surface area contributed by atoms with Crippen LogP contribution in [0, 0.1) is 18.3 Å². The van der Waals surface area contributed by atoms with Crippen LogP contribution < -0.4 is 10.9 Å². The van der Waals surface area contributed by atoms with Gasteiger partial charge in [-0.2, -0.15) is 5.26 Å². The van der Waals surface area contributed by atoms with Gasteiger partial charge in [-0.25, -0.2) is 0 Å². The minimum absolute atomic E-state index is 0.0878. The molecule has 0 atom stereocenters. The number of rotatable bonds is 8. The number of nitrogens with zero attached hydrogens (tertiary/aromatic N) is 3. The highest BCUT2D eigenvalue weighted by Crippen LogP contribution is 2.35. The largest absolute Gasteiger partial charge is 0.367 e. The number of hydrogen-bond donors (Lipinski definition) is 1. The van der Waals surface area contributed by atoms with Crippen LogP contribution in [0.25, 0.3) is 6.08 Å². The number of nitrogens with one attached hydrogen (secondary N) is 1. The molecule has 8 heteroatoms. The topological polar surface area (TPSA) is 78.1 Å². The van der Waals surface area contributed by atoms with E-state index < -0.39 is 0 Å². The number of pyridine rings is 1. The predicted molar refractivity (Wildman–Crippen MR) is 134 cm³/mol. The fourth-order valence-electron chi connectivity index (χ4n) is 3.58. The molecule has 32 heavy (non-hydrogen) atoms. The zero-order chi connectivity index (χ0) is 23.3. The van der Waals surface area contributed by atoms with Gasteiger partial charge in [0.1, 0.15) is 21.8 Å². The fraction of sp³-hybridized carbons (Fsp3) is 0.333. The summed E-state index contributed by atoms with van der Waals surface area (Å²) in [5.41, 5.74) is 2.02. The van der Waals surface area contributed by atoms with Crippen LogP contribution in [0.3, 0.4) is 0 Å². The van der Waals surface area contributed by atoms with E-state index in [9.17, 15) is 14.9 Å². The third-order valence-electron chi connectivity index (χ3n) is 5.38. The van der Waals surface area contributed by atoms with E-state index in [1.807, 2.05) is 43.3 Å². The standard InChI is InChI=1S/C24H26N4O2S2/c1-4-6-12-28-23(30)20(32-24(28)31)13-18-16(3)19(14-25)22(29)27(5-2)21(18)26-15-17-10-8-7-9-11-17/h7-11,13,26H,4-6,12,15H2,1-3H3/b20-13+. The first-order valence-electron chi connectivity index (χ1n) is 10.6. The zero-order valence-corrected chi connectivity index (χ0v) is 20.1. The number of carbonyl (C=O) groups is 1. The molecule has 0 aliphatic carbocycles. The summed E-state index contributed by atoms with van der Waals surface area (Å²) >= 11 is 6.69. The van der Waals surface area contributed by atoms with Crippen molar-refractivity contribution < 1.29 is 4.79 Å². The Morgan fingerprint density at radius 1 is 1.22 bits per heavy atom. The van der Waals surface area contributed by atoms with Crippen molar-refractivity contribution in [3.8, 4) is 6.07 Å². The van der Waals surface area contributed by atoms with Gasteiger partial charge >= 0.3 is 0 Å². The summed E-state index contributed by atoms with van der Waals surface area (Å²) in [5, 5.41) is 13.0. The molecule has 166 valence electrons. The molecule has 1 fully saturated rings. The Labute approximate surface area is 197 Å². The summed E-state index contributed by atoms with van der Waals surface area (Å²) in [6, 6.07) is 11.9. The van der Waals surface area contributed by atoms with Gasteiger partial charge in [-0.3, -0.25) is 19.1 Å². The lowest BCUT2D eigenvalue weighted by molar-refractivity contribution is -0.122. The molecule has 1 aromatic carbocycles. The van der Waals surface area contributed by atoms with Crippen LogP contribution in [0.15, 0.2) is 40.0 Å². The van der Waals surface area contributed by atoms with Crippen LogP contribution in [0.5, 0.6) is 0 Å². The van der Waals surface area contributed by atoms with Gasteiger partial charge in [-0.05, 0) is 37.5 Å². The highest BCUT2D eigenvalue weighted by Gasteiger charge is 2.32. The first kappa shape index (κ1) is 23.8. The number of hydrogen-bond acceptors (Lipinski definition) is 6. The van der Waals surface area contributed by atoms with E-state index in [0.29, 0.717) is 45.8 Å². The molecule has 1 saturated heterocycles. The number of amides is 1. The van der Waals surface area contributed by atoms with Crippen LogP contribution in [0.2, 0.25) is 0 Å². The van der Waals surface area contributed by atoms with Crippen LogP contribution in [0.1, 0.15) is 48.9 Å². The van der Waals surface area contributed by atoms with Gasteiger partial charge in [0.15, 0.2) is 0 Å². The van der Waals surface area contributed by atoms with Crippen LogP contribution >= 0.6 is 24.0 Å². The van der Waals surface area contributed by atoms with E-state index >= 15 is 0 Å². The van der Waals surface area contributed by atoms with Gasteiger partial charge in [0.2, 0.25) is 0 Å². The third-order valence-corrected chi connectivity index (χ3v) is 6.76. The fourth-order valence-corrected chi connectivity index (χ4v) is 4.87. The minimum Gasteiger partial charge on any atom is -0.367 e. The Balaban J connectivity index is 2.10. The van der Waals surface area contributed by atoms with E-state index in [1.54, 1.807) is 22.5 Å². The van der Waals surface area contributed by atoms with Crippen molar-refractivity contribution in [1.29, 1.82) is 5.26 Å². The monoisotopic (exact) mass is 466 g/mol. The lowest BCUT2D eigenvalue weighted by Gasteiger charge is -2.19. The van der Waals surface area contributed by atoms with Gasteiger partial charge in [0, 0.05) is 25.2 Å². The summed E-state index contributed by atoms with van der Waals surface area (Å²) in [5.74, 6) is 0.464. The molecule has 1 aliphatic heterocycles. The number of carbonyl (C=O) groups excluding carboxylic acids is 1. The molecule has 6 nitrogen and oxygen atoms in total. The van der Waals surface area contributed by atoms with E-state index in [-0.39, 0.29) is 17.0 Å². The maximum absolute atomic E-state index is 13.0. The highest BCUT2D eigenvalue weighted by molar-refractivity contribution is 8.26. The molecule has 0 unspecified atom stereocenters. The van der Waals surface area contributed by atoms with Crippen molar-refractivity contribution in [2.75, 3.05) is 11.9 Å². The van der Waals surface area contributed by atoms with Gasteiger partial charge in [0.25, 0.3) is 11.5 Å². The lowest BCUT2D eigenvalue weighted by Crippen LogP contribution is -2.29. The predicted octanol–water partition coefficient (Wildman–Crippen LogP) is 4.66. The summed E-state index contributed by atoms with van der Waals surface area (Å²) in [4.78, 5) is 28.1. The Hall–Kier alpha value is -2.89. The molecule has 0 radical (unpaired) electrons. The molecule has 2 heterocycles. The molecule has 1 aliphatic rings. The minimum atomic E-state index is -0.337. The number of thioether (sulfide) groups is 1. The number of thiocarbonyl (C=S) groups is 1. The van der Waals surface area contributed by atoms with Crippen LogP contribution in [-0.4, -0.2) is 26.2 Å². The quantitative estimate of drug-likeness (QED) is 0.450. The molecule has 3 rings (SSSR count). The van der Waals surface area contributed by atoms with E-state index in [0.717, 1.165) is 18.4 Å². The first-order valence-corrected chi connectivity index (χ1v) is 11.9. The second-order valence-corrected chi connectivity index (χ2v) is 9.13. The number of benzene rings is 1. The summed E-state index contributed by atoms with van der Waals surface area (Å²) < 4.78 is 2.09. The van der Waals surface area contributed by atoms with Crippen molar-refractivity contribution in [1.82, 2.24) is 9.47 Å². The lowest BCUT2D eigenvalue weighted by atomic mass is 10.0. The molecular weight excluding hydrogens is 440 g/mol. The molecule has 1 N–H and O–H groups in total. The number of aromatic nitrogens is 1. The molecule has 0 spiro atoms. The Morgan fingerprint density at radius 3 is 2.56 bits per heavy atom. The van der Waals surface area contributed by atoms with Crippen molar-refractivity contribution in [3.63, 3.8) is 0 Å². The van der Waals surface area contributed by atoms with Crippen molar-refractivity contribution in [3.05, 3.63) is 67.8 Å². The van der Waals surface area contributed by atoms with Gasteiger partial charge < -0.3 is 5.32 Å². The maximum atomic E-state index is 13.0. The van der Waals surface area contributed by atoms with Gasteiger partial charge in [-0.1, -0.05) is 67.7 Å². The Morgan fingerprint density at radius 2 is 1.94 bits per heavy atom. The zero-order valence-electron chi connectivity index (χ0n) is 18.5. The second kappa shape index (κ2) is 10.6. The van der Waals surface area contributed by atoms with Crippen molar-refractivity contribution >= 4 is 46.1 Å². The number of unbranched alkanes of at least 4 members (excludes halogenated alkanes) is 1. The average Bonchev–Trinajstić information content (AvgIpc) is 3.06. The maximum Gasteiger partial charge on any atom is 0.270 e. The molecule has 0 saturated carbocycles. The van der Waals surface area contributed by atoms with Gasteiger partial charge in [-0.15, -0.1) is 0 Å². The summed E-state index contributed by atoms with van der Waals surface area (Å²) in [7, 11) is 0. The van der Waals surface area contributed by atoms with Crippen LogP contribution in [-0.2, 0) is 17.9 Å². The van der Waals surface area contributed by atoms with Crippen molar-refractivity contribution in [2.45, 2.75) is 46.7 Å².